The number of nitrogens with zero attached hydrogens (tertiary/aromatic N) is 1. The quantitative estimate of drug-likeness (QED) is 0.228. The Kier molecular flexibility index (Phi) is 9.07. The van der Waals surface area contributed by atoms with Gasteiger partial charge in [0.05, 0.1) is 5.57 Å². The van der Waals surface area contributed by atoms with E-state index in [9.17, 15) is 24.6 Å². The average Bonchev–Trinajstić information content (AvgIpc) is 3.21. The number of aliphatic carboxylic acids is 1. The molecule has 8 nitrogen and oxygen atoms in total. The zero-order chi connectivity index (χ0) is 28.9. The molecule has 0 bridgehead atoms. The van der Waals surface area contributed by atoms with Gasteiger partial charge in [0.15, 0.2) is 5.78 Å². The first-order chi connectivity index (χ1) is 19.1. The number of aliphatic hydroxyl groups is 1. The monoisotopic (exact) mass is 546 g/mol. The van der Waals surface area contributed by atoms with E-state index in [4.69, 9.17) is 4.74 Å². The molecule has 0 heterocycles. The number of carboxylic acids is 1. The van der Waals surface area contributed by atoms with Crippen molar-refractivity contribution in [2.75, 3.05) is 13.2 Å². The van der Waals surface area contributed by atoms with E-state index in [-0.39, 0.29) is 35.9 Å². The van der Waals surface area contributed by atoms with E-state index in [0.29, 0.717) is 49.9 Å². The first kappa shape index (κ1) is 29.1. The SMILES string of the molecule is CC(=NCCCCC[C@@H](NC(=O)OCC1c2ccccc2-c2ccccc21)C(=O)O)C1=C(O)CC(C)(C)CC1=O. The minimum absolute atomic E-state index is 0.0846. The van der Waals surface area contributed by atoms with Gasteiger partial charge in [-0.2, -0.15) is 0 Å². The number of carbonyl (C=O) groups excluding carboxylic acids is 2. The van der Waals surface area contributed by atoms with E-state index in [0.717, 1.165) is 22.3 Å². The maximum atomic E-state index is 12.5. The summed E-state index contributed by atoms with van der Waals surface area (Å²) in [5.41, 5.74) is 5.05. The van der Waals surface area contributed by atoms with Crippen molar-refractivity contribution in [3.63, 3.8) is 0 Å². The second-order valence-corrected chi connectivity index (χ2v) is 11.4. The van der Waals surface area contributed by atoms with Gasteiger partial charge in [0, 0.05) is 31.0 Å². The molecule has 2 aliphatic carbocycles. The van der Waals surface area contributed by atoms with Gasteiger partial charge in [-0.1, -0.05) is 75.2 Å². The number of carbonyl (C=O) groups is 3. The lowest BCUT2D eigenvalue weighted by atomic mass is 9.76. The number of hydrogen-bond acceptors (Lipinski definition) is 6. The molecule has 0 aromatic heterocycles. The lowest BCUT2D eigenvalue weighted by Crippen LogP contribution is -2.41. The highest BCUT2D eigenvalue weighted by molar-refractivity contribution is 6.22. The molecule has 0 saturated carbocycles. The predicted octanol–water partition coefficient (Wildman–Crippen LogP) is 6.20. The summed E-state index contributed by atoms with van der Waals surface area (Å²) in [7, 11) is 0. The van der Waals surface area contributed by atoms with Crippen molar-refractivity contribution in [2.24, 2.45) is 10.4 Å². The molecular weight excluding hydrogens is 508 g/mol. The van der Waals surface area contributed by atoms with Crippen LogP contribution >= 0.6 is 0 Å². The normalized spacial score (nSPS) is 17.3. The van der Waals surface area contributed by atoms with Crippen LogP contribution in [0.15, 0.2) is 64.9 Å². The number of amides is 1. The Morgan fingerprint density at radius 1 is 1.02 bits per heavy atom. The fourth-order valence-corrected chi connectivity index (χ4v) is 5.70. The third kappa shape index (κ3) is 6.79. The summed E-state index contributed by atoms with van der Waals surface area (Å²) in [4.78, 5) is 41.2. The van der Waals surface area contributed by atoms with Crippen LogP contribution in [0.25, 0.3) is 11.1 Å². The molecule has 0 aliphatic heterocycles. The van der Waals surface area contributed by atoms with Gasteiger partial charge in [-0.3, -0.25) is 9.79 Å². The molecule has 2 aliphatic rings. The molecule has 2 aromatic carbocycles. The largest absolute Gasteiger partial charge is 0.511 e. The molecule has 0 spiro atoms. The van der Waals surface area contributed by atoms with Gasteiger partial charge in [0.1, 0.15) is 18.4 Å². The van der Waals surface area contributed by atoms with E-state index in [1.165, 1.54) is 0 Å². The summed E-state index contributed by atoms with van der Waals surface area (Å²) in [6, 6.07) is 15.0. The number of benzene rings is 2. The van der Waals surface area contributed by atoms with Crippen LogP contribution in [0.2, 0.25) is 0 Å². The van der Waals surface area contributed by atoms with Crippen molar-refractivity contribution in [3.05, 3.63) is 71.0 Å². The summed E-state index contributed by atoms with van der Waals surface area (Å²) in [5, 5.41) is 22.4. The maximum Gasteiger partial charge on any atom is 0.407 e. The van der Waals surface area contributed by atoms with Gasteiger partial charge in [0.2, 0.25) is 0 Å². The third-order valence-electron chi connectivity index (χ3n) is 7.65. The first-order valence-electron chi connectivity index (χ1n) is 13.9. The number of hydrogen-bond donors (Lipinski definition) is 3. The number of fused-ring (bicyclic) bond motifs is 3. The Balaban J connectivity index is 1.22. The molecule has 0 fully saturated rings. The van der Waals surface area contributed by atoms with Crippen LogP contribution in [0, 0.1) is 5.41 Å². The molecule has 1 atom stereocenters. The van der Waals surface area contributed by atoms with E-state index in [2.05, 4.69) is 22.4 Å². The number of alkyl carbamates (subject to hydrolysis) is 1. The topological polar surface area (TPSA) is 125 Å². The van der Waals surface area contributed by atoms with Crippen molar-refractivity contribution >= 4 is 23.6 Å². The number of unbranched alkanes of at least 4 members (excludes halogenated alkanes) is 2. The van der Waals surface area contributed by atoms with Crippen molar-refractivity contribution in [1.29, 1.82) is 0 Å². The molecule has 0 radical (unpaired) electrons. The molecule has 40 heavy (non-hydrogen) atoms. The number of aliphatic imine (C=N–C) groups is 1. The van der Waals surface area contributed by atoms with Crippen LogP contribution in [-0.2, 0) is 14.3 Å². The Labute approximate surface area is 235 Å². The highest BCUT2D eigenvalue weighted by atomic mass is 16.5. The van der Waals surface area contributed by atoms with Gasteiger partial charge in [0.25, 0.3) is 0 Å². The second kappa shape index (κ2) is 12.5. The summed E-state index contributed by atoms with van der Waals surface area (Å²) in [6.45, 7) is 6.24. The van der Waals surface area contributed by atoms with Gasteiger partial charge >= 0.3 is 12.1 Å². The highest BCUT2D eigenvalue weighted by Crippen LogP contribution is 2.44. The van der Waals surface area contributed by atoms with Crippen LogP contribution in [0.3, 0.4) is 0 Å². The minimum Gasteiger partial charge on any atom is -0.511 e. The highest BCUT2D eigenvalue weighted by Gasteiger charge is 2.34. The van der Waals surface area contributed by atoms with Gasteiger partial charge in [-0.05, 0) is 47.4 Å². The van der Waals surface area contributed by atoms with Gasteiger partial charge < -0.3 is 20.3 Å². The van der Waals surface area contributed by atoms with E-state index in [1.807, 2.05) is 50.2 Å². The smallest absolute Gasteiger partial charge is 0.407 e. The number of carboxylic acid groups (broad SMARTS) is 1. The van der Waals surface area contributed by atoms with E-state index < -0.39 is 18.1 Å². The fraction of sp³-hybridized carbons (Fsp3) is 0.438. The zero-order valence-electron chi connectivity index (χ0n) is 23.4. The summed E-state index contributed by atoms with van der Waals surface area (Å²) in [6.07, 6.45) is 2.34. The number of aliphatic hydroxyl groups excluding tert-OH is 1. The Morgan fingerprint density at radius 2 is 1.65 bits per heavy atom. The number of rotatable bonds is 11. The summed E-state index contributed by atoms with van der Waals surface area (Å²) in [5.74, 6) is -1.19. The molecule has 4 rings (SSSR count). The molecule has 2 aromatic rings. The fourth-order valence-electron chi connectivity index (χ4n) is 5.70. The Bertz CT molecular complexity index is 1300. The lowest BCUT2D eigenvalue weighted by molar-refractivity contribution is -0.139. The number of Topliss-reactive ketones (excluding diaryl/α,β-unsaturated/α-hetero) is 1. The van der Waals surface area contributed by atoms with Crippen LogP contribution in [0.5, 0.6) is 0 Å². The zero-order valence-corrected chi connectivity index (χ0v) is 23.4. The molecular formula is C32H38N2O6. The average molecular weight is 547 g/mol. The molecule has 1 amide bonds. The number of nitrogens with one attached hydrogen (secondary N) is 1. The van der Waals surface area contributed by atoms with E-state index in [1.54, 1.807) is 6.92 Å². The van der Waals surface area contributed by atoms with E-state index >= 15 is 0 Å². The van der Waals surface area contributed by atoms with Crippen molar-refractivity contribution in [1.82, 2.24) is 5.32 Å². The summed E-state index contributed by atoms with van der Waals surface area (Å²) >= 11 is 0. The van der Waals surface area contributed by atoms with Gasteiger partial charge in [-0.15, -0.1) is 0 Å². The van der Waals surface area contributed by atoms with Crippen LogP contribution in [0.4, 0.5) is 4.79 Å². The standard InChI is InChI=1S/C32H38N2O6/c1-20(29-27(35)17-32(2,3)18-28(29)36)33-16-10-4-5-15-26(30(37)38)34-31(39)40-19-25-23-13-8-6-11-21(23)22-12-7-9-14-24(22)25/h6-9,11-14,25-26,35H,4-5,10,15-19H2,1-3H3,(H,34,39)(H,37,38)/t26-/m1/s1. The molecule has 0 saturated heterocycles. The first-order valence-corrected chi connectivity index (χ1v) is 13.9. The Morgan fingerprint density at radius 3 is 2.25 bits per heavy atom. The molecule has 212 valence electrons. The minimum atomic E-state index is -1.11. The van der Waals surface area contributed by atoms with Crippen molar-refractivity contribution in [3.8, 4) is 11.1 Å². The van der Waals surface area contributed by atoms with Crippen molar-refractivity contribution in [2.45, 2.75) is 71.3 Å². The predicted molar refractivity (Wildman–Crippen MR) is 154 cm³/mol. The maximum absolute atomic E-state index is 12.5. The molecule has 0 unspecified atom stereocenters. The summed E-state index contributed by atoms with van der Waals surface area (Å²) < 4.78 is 5.50. The number of allylic oxidation sites excluding steroid dienone is 2. The number of ether oxygens (including phenoxy) is 1. The lowest BCUT2D eigenvalue weighted by Gasteiger charge is -2.29. The third-order valence-corrected chi connectivity index (χ3v) is 7.65. The Hall–Kier alpha value is -3.94. The van der Waals surface area contributed by atoms with Crippen LogP contribution in [-0.4, -0.2) is 53.0 Å². The van der Waals surface area contributed by atoms with Crippen LogP contribution in [0.1, 0.15) is 76.3 Å². The van der Waals surface area contributed by atoms with Crippen molar-refractivity contribution < 1.29 is 29.3 Å². The molecule has 8 heteroatoms. The van der Waals surface area contributed by atoms with Crippen LogP contribution < -0.4 is 5.32 Å². The second-order valence-electron chi connectivity index (χ2n) is 11.4. The number of ketones is 1. The molecule has 3 N–H and O–H groups in total. The van der Waals surface area contributed by atoms with Gasteiger partial charge in [-0.25, -0.2) is 9.59 Å².